The molecule has 2 unspecified atom stereocenters. The molecule has 14 heavy (non-hydrogen) atoms. The van der Waals surface area contributed by atoms with Crippen molar-refractivity contribution in [2.75, 3.05) is 11.9 Å². The molecular formula is C9H10ClNO2S. The lowest BCUT2D eigenvalue weighted by atomic mass is 10.3. The highest BCUT2D eigenvalue weighted by Gasteiger charge is 2.42. The molecule has 0 spiro atoms. The minimum Gasteiger partial charge on any atom is -0.481 e. The number of hydrogen-bond acceptors (Lipinski definition) is 3. The van der Waals surface area contributed by atoms with E-state index >= 15 is 0 Å². The van der Waals surface area contributed by atoms with Gasteiger partial charge >= 0.3 is 5.97 Å². The third-order valence-electron chi connectivity index (χ3n) is 2.35. The molecule has 1 fully saturated rings. The Morgan fingerprint density at radius 2 is 2.50 bits per heavy atom. The average molecular weight is 232 g/mol. The van der Waals surface area contributed by atoms with E-state index in [9.17, 15) is 4.79 Å². The van der Waals surface area contributed by atoms with Crippen molar-refractivity contribution < 1.29 is 9.90 Å². The van der Waals surface area contributed by atoms with Crippen LogP contribution in [0.25, 0.3) is 0 Å². The van der Waals surface area contributed by atoms with Crippen molar-refractivity contribution in [3.63, 3.8) is 0 Å². The monoisotopic (exact) mass is 231 g/mol. The van der Waals surface area contributed by atoms with E-state index < -0.39 is 5.97 Å². The maximum Gasteiger partial charge on any atom is 0.306 e. The first-order valence-electron chi connectivity index (χ1n) is 4.39. The second kappa shape index (κ2) is 3.79. The Hall–Kier alpha value is -0.740. The van der Waals surface area contributed by atoms with Gasteiger partial charge in [-0.2, -0.15) is 0 Å². The summed E-state index contributed by atoms with van der Waals surface area (Å²) in [5.74, 6) is -0.535. The first-order valence-corrected chi connectivity index (χ1v) is 5.58. The van der Waals surface area contributed by atoms with Gasteiger partial charge < -0.3 is 10.4 Å². The van der Waals surface area contributed by atoms with Crippen molar-refractivity contribution in [3.05, 3.63) is 16.5 Å². The summed E-state index contributed by atoms with van der Waals surface area (Å²) in [5, 5.41) is 12.9. The highest BCUT2D eigenvalue weighted by molar-refractivity contribution is 7.19. The fourth-order valence-electron chi connectivity index (χ4n) is 1.42. The molecule has 1 heterocycles. The molecule has 2 rings (SSSR count). The number of carboxylic acids is 1. The van der Waals surface area contributed by atoms with Crippen molar-refractivity contribution in [2.24, 2.45) is 11.8 Å². The van der Waals surface area contributed by atoms with Crippen LogP contribution in [-0.2, 0) is 4.79 Å². The molecule has 1 aliphatic carbocycles. The molecule has 3 nitrogen and oxygen atoms in total. The summed E-state index contributed by atoms with van der Waals surface area (Å²) in [7, 11) is 0. The van der Waals surface area contributed by atoms with Crippen molar-refractivity contribution >= 4 is 33.9 Å². The number of halogens is 1. The van der Waals surface area contributed by atoms with Gasteiger partial charge in [-0.15, -0.1) is 11.3 Å². The van der Waals surface area contributed by atoms with Gasteiger partial charge in [0.2, 0.25) is 0 Å². The topological polar surface area (TPSA) is 49.3 Å². The van der Waals surface area contributed by atoms with Gasteiger partial charge in [0.25, 0.3) is 0 Å². The average Bonchev–Trinajstić information content (AvgIpc) is 2.80. The maximum atomic E-state index is 10.5. The minimum atomic E-state index is -0.680. The number of carbonyl (C=O) groups is 1. The molecule has 1 saturated carbocycles. The number of rotatable bonds is 4. The van der Waals surface area contributed by atoms with Crippen molar-refractivity contribution in [1.29, 1.82) is 0 Å². The van der Waals surface area contributed by atoms with E-state index in [1.807, 2.05) is 12.1 Å². The van der Waals surface area contributed by atoms with Gasteiger partial charge in [-0.25, -0.2) is 0 Å². The Bertz CT molecular complexity index is 352. The fourth-order valence-corrected chi connectivity index (χ4v) is 2.37. The summed E-state index contributed by atoms with van der Waals surface area (Å²) >= 11 is 7.23. The van der Waals surface area contributed by atoms with E-state index in [1.165, 1.54) is 11.3 Å². The first-order chi connectivity index (χ1) is 6.66. The standard InChI is InChI=1S/C9H10ClNO2S/c10-7-1-2-8(14-7)11-4-5-3-6(5)9(12)13/h1-2,5-6,11H,3-4H2,(H,12,13). The first kappa shape index (κ1) is 9.80. The summed E-state index contributed by atoms with van der Waals surface area (Å²) in [6, 6.07) is 3.74. The smallest absolute Gasteiger partial charge is 0.306 e. The Balaban J connectivity index is 1.77. The molecule has 1 aromatic heterocycles. The van der Waals surface area contributed by atoms with E-state index in [2.05, 4.69) is 5.32 Å². The third kappa shape index (κ3) is 2.19. The summed E-state index contributed by atoms with van der Waals surface area (Å²) in [6.07, 6.45) is 0.793. The van der Waals surface area contributed by atoms with Crippen LogP contribution in [0.1, 0.15) is 6.42 Å². The van der Waals surface area contributed by atoms with Crippen molar-refractivity contribution in [2.45, 2.75) is 6.42 Å². The predicted molar refractivity (Wildman–Crippen MR) is 57.1 cm³/mol. The van der Waals surface area contributed by atoms with E-state index in [-0.39, 0.29) is 11.8 Å². The fraction of sp³-hybridized carbons (Fsp3) is 0.444. The van der Waals surface area contributed by atoms with Crippen LogP contribution in [0.4, 0.5) is 5.00 Å². The molecule has 1 aromatic rings. The van der Waals surface area contributed by atoms with Crippen molar-refractivity contribution in [3.8, 4) is 0 Å². The Morgan fingerprint density at radius 3 is 3.00 bits per heavy atom. The summed E-state index contributed by atoms with van der Waals surface area (Å²) in [4.78, 5) is 10.5. The van der Waals surface area contributed by atoms with E-state index in [0.29, 0.717) is 0 Å². The van der Waals surface area contributed by atoms with Gasteiger partial charge in [0.1, 0.15) is 0 Å². The van der Waals surface area contributed by atoms with Gasteiger partial charge in [0.15, 0.2) is 0 Å². The van der Waals surface area contributed by atoms with Crippen LogP contribution in [0.2, 0.25) is 4.34 Å². The van der Waals surface area contributed by atoms with Crippen LogP contribution in [0.5, 0.6) is 0 Å². The summed E-state index contributed by atoms with van der Waals surface area (Å²) in [5.41, 5.74) is 0. The predicted octanol–water partition coefficient (Wildman–Crippen LogP) is 2.53. The second-order valence-corrected chi connectivity index (χ2v) is 5.14. The molecule has 0 aliphatic heterocycles. The number of carboxylic acid groups (broad SMARTS) is 1. The summed E-state index contributed by atoms with van der Waals surface area (Å²) in [6.45, 7) is 0.730. The lowest BCUT2D eigenvalue weighted by Gasteiger charge is -2.00. The maximum absolute atomic E-state index is 10.5. The Labute approximate surface area is 90.7 Å². The number of thiophene rings is 1. The molecule has 0 aromatic carbocycles. The Kier molecular flexibility index (Phi) is 2.65. The summed E-state index contributed by atoms with van der Waals surface area (Å²) < 4.78 is 0.748. The SMILES string of the molecule is O=C(O)C1CC1CNc1ccc(Cl)s1. The molecular weight excluding hydrogens is 222 g/mol. The van der Waals surface area contributed by atoms with Gasteiger partial charge in [-0.3, -0.25) is 4.79 Å². The lowest BCUT2D eigenvalue weighted by molar-refractivity contribution is -0.138. The molecule has 1 aliphatic rings. The molecule has 0 saturated heterocycles. The zero-order valence-corrected chi connectivity index (χ0v) is 8.94. The van der Waals surface area contributed by atoms with E-state index in [0.717, 1.165) is 22.3 Å². The molecule has 0 amide bonds. The quantitative estimate of drug-likeness (QED) is 0.837. The van der Waals surface area contributed by atoms with Crippen LogP contribution in [0.15, 0.2) is 12.1 Å². The van der Waals surface area contributed by atoms with Crippen LogP contribution in [0.3, 0.4) is 0 Å². The largest absolute Gasteiger partial charge is 0.481 e. The highest BCUT2D eigenvalue weighted by Crippen LogP contribution is 2.39. The molecule has 2 N–H and O–H groups in total. The normalized spacial score (nSPS) is 24.6. The molecule has 0 bridgehead atoms. The molecule has 5 heteroatoms. The number of hydrogen-bond donors (Lipinski definition) is 2. The zero-order chi connectivity index (χ0) is 10.1. The minimum absolute atomic E-state index is 0.141. The van der Waals surface area contributed by atoms with Gasteiger partial charge in [0.05, 0.1) is 15.3 Å². The highest BCUT2D eigenvalue weighted by atomic mass is 35.5. The van der Waals surface area contributed by atoms with Crippen LogP contribution < -0.4 is 5.32 Å². The Morgan fingerprint density at radius 1 is 1.71 bits per heavy atom. The van der Waals surface area contributed by atoms with E-state index in [1.54, 1.807) is 0 Å². The van der Waals surface area contributed by atoms with Crippen LogP contribution in [0, 0.1) is 11.8 Å². The van der Waals surface area contributed by atoms with E-state index in [4.69, 9.17) is 16.7 Å². The molecule has 0 radical (unpaired) electrons. The number of aliphatic carboxylic acids is 1. The zero-order valence-electron chi connectivity index (χ0n) is 7.37. The number of nitrogens with one attached hydrogen (secondary N) is 1. The van der Waals surface area contributed by atoms with Gasteiger partial charge in [0, 0.05) is 6.54 Å². The number of anilines is 1. The molecule has 76 valence electrons. The van der Waals surface area contributed by atoms with Crippen LogP contribution in [-0.4, -0.2) is 17.6 Å². The lowest BCUT2D eigenvalue weighted by Crippen LogP contribution is -2.07. The third-order valence-corrected chi connectivity index (χ3v) is 3.54. The van der Waals surface area contributed by atoms with Gasteiger partial charge in [-0.05, 0) is 24.5 Å². The molecule has 2 atom stereocenters. The second-order valence-electron chi connectivity index (χ2n) is 3.43. The van der Waals surface area contributed by atoms with Gasteiger partial charge in [-0.1, -0.05) is 11.6 Å². The van der Waals surface area contributed by atoms with Crippen LogP contribution >= 0.6 is 22.9 Å². The van der Waals surface area contributed by atoms with Crippen molar-refractivity contribution in [1.82, 2.24) is 0 Å².